The molecule has 1 aromatic rings. The van der Waals surface area contributed by atoms with E-state index in [1.807, 2.05) is 0 Å². The zero-order valence-corrected chi connectivity index (χ0v) is 18.1. The summed E-state index contributed by atoms with van der Waals surface area (Å²) in [5, 5.41) is 0.968. The van der Waals surface area contributed by atoms with Crippen LogP contribution >= 0.6 is 46.4 Å². The number of benzene rings is 1. The summed E-state index contributed by atoms with van der Waals surface area (Å²) in [6, 6.07) is 6.99. The van der Waals surface area contributed by atoms with Crippen molar-refractivity contribution < 1.29 is 22.7 Å². The van der Waals surface area contributed by atoms with Gasteiger partial charge in [-0.1, -0.05) is 72.4 Å². The molecular weight excluding hydrogens is 459 g/mol. The van der Waals surface area contributed by atoms with Crippen LogP contribution in [0.15, 0.2) is 45.9 Å². The van der Waals surface area contributed by atoms with E-state index in [1.54, 1.807) is 24.3 Å². The van der Waals surface area contributed by atoms with Gasteiger partial charge in [-0.05, 0) is 35.8 Å². The fourth-order valence-corrected chi connectivity index (χ4v) is 3.17. The second kappa shape index (κ2) is 11.3. The lowest BCUT2D eigenvalue weighted by atomic mass is 9.83. The molecular formula is C19H19Cl4F3O2. The van der Waals surface area contributed by atoms with Crippen LogP contribution in [-0.2, 0) is 16.0 Å². The highest BCUT2D eigenvalue weighted by Crippen LogP contribution is 2.39. The highest BCUT2D eigenvalue weighted by Gasteiger charge is 2.48. The van der Waals surface area contributed by atoms with Gasteiger partial charge in [0.05, 0.1) is 11.8 Å². The molecule has 0 aliphatic carbocycles. The third-order valence-corrected chi connectivity index (χ3v) is 4.67. The number of halogens is 7. The van der Waals surface area contributed by atoms with E-state index in [0.717, 1.165) is 5.56 Å². The highest BCUT2D eigenvalue weighted by molar-refractivity contribution is 6.55. The Morgan fingerprint density at radius 1 is 1.14 bits per heavy atom. The van der Waals surface area contributed by atoms with E-state index in [0.29, 0.717) is 22.6 Å². The van der Waals surface area contributed by atoms with Gasteiger partial charge in [-0.2, -0.15) is 13.2 Å². The lowest BCUT2D eigenvalue weighted by Gasteiger charge is -2.28. The number of rotatable bonds is 8. The summed E-state index contributed by atoms with van der Waals surface area (Å²) in [7, 11) is 0. The first-order valence-electron chi connectivity index (χ1n) is 8.27. The first-order chi connectivity index (χ1) is 12.9. The van der Waals surface area contributed by atoms with Gasteiger partial charge in [-0.3, -0.25) is 4.79 Å². The zero-order chi connectivity index (χ0) is 21.5. The minimum atomic E-state index is -4.70. The molecule has 2 unspecified atom stereocenters. The van der Waals surface area contributed by atoms with Crippen LogP contribution in [0.5, 0.6) is 0 Å². The fourth-order valence-electron chi connectivity index (χ4n) is 2.55. The van der Waals surface area contributed by atoms with Gasteiger partial charge in [-0.15, -0.1) is 0 Å². The van der Waals surface area contributed by atoms with Crippen LogP contribution in [0, 0.1) is 17.8 Å². The second-order valence-corrected chi connectivity index (χ2v) is 8.31. The smallest absolute Gasteiger partial charge is 0.396 e. The predicted molar refractivity (Wildman–Crippen MR) is 108 cm³/mol. The molecule has 0 heterocycles. The van der Waals surface area contributed by atoms with Crippen molar-refractivity contribution in [2.24, 2.45) is 17.8 Å². The number of carbonyl (C=O) groups excluding carboxylic acids is 1. The highest BCUT2D eigenvalue weighted by atomic mass is 35.5. The summed E-state index contributed by atoms with van der Waals surface area (Å²) in [5.74, 6) is -5.30. The molecule has 0 bridgehead atoms. The van der Waals surface area contributed by atoms with Gasteiger partial charge in [0, 0.05) is 16.5 Å². The predicted octanol–water partition coefficient (Wildman–Crippen LogP) is 7.32. The molecule has 28 heavy (non-hydrogen) atoms. The standard InChI is InChI=1S/C19H19Cl4F3O2/c1-11(2)17(15(10-16(22)23)19(24,25)26)18(27)28-8-7-14(21)9-12-3-5-13(20)6-4-12/h3-7,10-11,15,17H,8-9H2,1-2H3. The van der Waals surface area contributed by atoms with Crippen LogP contribution in [0.1, 0.15) is 19.4 Å². The van der Waals surface area contributed by atoms with E-state index in [2.05, 4.69) is 0 Å². The SMILES string of the molecule is CC(C)C(C(=O)OCC=C(Cl)Cc1ccc(Cl)cc1)C(C=C(Cl)Cl)C(F)(F)F. The Bertz CT molecular complexity index is 709. The summed E-state index contributed by atoms with van der Waals surface area (Å²) in [6.45, 7) is 2.73. The molecule has 0 spiro atoms. The van der Waals surface area contributed by atoms with Crippen LogP contribution < -0.4 is 0 Å². The van der Waals surface area contributed by atoms with Gasteiger partial charge in [0.1, 0.15) is 11.1 Å². The Morgan fingerprint density at radius 2 is 1.71 bits per heavy atom. The Balaban J connectivity index is 2.80. The fraction of sp³-hybridized carbons (Fsp3) is 0.421. The van der Waals surface area contributed by atoms with Crippen molar-refractivity contribution in [2.75, 3.05) is 6.61 Å². The van der Waals surface area contributed by atoms with Crippen molar-refractivity contribution >= 4 is 52.4 Å². The Kier molecular flexibility index (Phi) is 10.2. The van der Waals surface area contributed by atoms with Crippen molar-refractivity contribution in [3.63, 3.8) is 0 Å². The molecule has 0 fully saturated rings. The van der Waals surface area contributed by atoms with Crippen molar-refractivity contribution in [1.82, 2.24) is 0 Å². The normalized spacial score (nSPS) is 14.6. The van der Waals surface area contributed by atoms with E-state index in [9.17, 15) is 18.0 Å². The minimum absolute atomic E-state index is 0.253. The number of alkyl halides is 3. The summed E-state index contributed by atoms with van der Waals surface area (Å²) in [6.07, 6.45) is -2.29. The molecule has 1 rings (SSSR count). The number of allylic oxidation sites excluding steroid dienone is 2. The number of esters is 1. The molecule has 0 N–H and O–H groups in total. The van der Waals surface area contributed by atoms with Crippen LogP contribution in [0.3, 0.4) is 0 Å². The molecule has 0 saturated carbocycles. The molecule has 0 aliphatic heterocycles. The number of ether oxygens (including phenoxy) is 1. The summed E-state index contributed by atoms with van der Waals surface area (Å²) in [5.41, 5.74) is 0.885. The van der Waals surface area contributed by atoms with Crippen molar-refractivity contribution in [1.29, 1.82) is 0 Å². The third kappa shape index (κ3) is 8.64. The van der Waals surface area contributed by atoms with E-state index >= 15 is 0 Å². The van der Waals surface area contributed by atoms with Crippen molar-refractivity contribution in [2.45, 2.75) is 26.4 Å². The maximum Gasteiger partial charge on any atom is 0.396 e. The van der Waals surface area contributed by atoms with Crippen LogP contribution in [0.4, 0.5) is 13.2 Å². The second-order valence-electron chi connectivity index (χ2n) is 6.38. The molecule has 1 aromatic carbocycles. The van der Waals surface area contributed by atoms with E-state index < -0.39 is 34.4 Å². The summed E-state index contributed by atoms with van der Waals surface area (Å²) in [4.78, 5) is 12.3. The average molecular weight is 478 g/mol. The van der Waals surface area contributed by atoms with Crippen molar-refractivity contribution in [3.8, 4) is 0 Å². The average Bonchev–Trinajstić information content (AvgIpc) is 2.55. The monoisotopic (exact) mass is 476 g/mol. The van der Waals surface area contributed by atoms with Crippen molar-refractivity contribution in [3.05, 3.63) is 56.5 Å². The number of hydrogen-bond donors (Lipinski definition) is 0. The molecule has 0 saturated heterocycles. The Hall–Kier alpha value is -0.880. The van der Waals surface area contributed by atoms with Gasteiger partial charge in [0.15, 0.2) is 0 Å². The van der Waals surface area contributed by atoms with Crippen LogP contribution in [-0.4, -0.2) is 18.8 Å². The number of carbonyl (C=O) groups is 1. The van der Waals surface area contributed by atoms with E-state index in [1.165, 1.54) is 19.9 Å². The summed E-state index contributed by atoms with van der Waals surface area (Å²) < 4.78 is 44.5. The molecule has 2 nitrogen and oxygen atoms in total. The molecule has 2 atom stereocenters. The molecule has 0 aliphatic rings. The molecule has 0 amide bonds. The topological polar surface area (TPSA) is 26.3 Å². The maximum atomic E-state index is 13.4. The summed E-state index contributed by atoms with van der Waals surface area (Å²) >= 11 is 22.7. The van der Waals surface area contributed by atoms with Gasteiger partial charge < -0.3 is 4.74 Å². The first-order valence-corrected chi connectivity index (χ1v) is 9.78. The lowest BCUT2D eigenvalue weighted by Crippen LogP contribution is -2.38. The molecule has 0 aromatic heterocycles. The Labute approximate surface area is 182 Å². The zero-order valence-electron chi connectivity index (χ0n) is 15.1. The van der Waals surface area contributed by atoms with Gasteiger partial charge in [0.25, 0.3) is 0 Å². The van der Waals surface area contributed by atoms with Gasteiger partial charge in [-0.25, -0.2) is 0 Å². The van der Waals surface area contributed by atoms with Gasteiger partial charge >= 0.3 is 12.1 Å². The quantitative estimate of drug-likeness (QED) is 0.366. The largest absolute Gasteiger partial charge is 0.461 e. The molecule has 156 valence electrons. The van der Waals surface area contributed by atoms with Crippen LogP contribution in [0.2, 0.25) is 5.02 Å². The third-order valence-electron chi connectivity index (χ3n) is 3.88. The van der Waals surface area contributed by atoms with Gasteiger partial charge in [0.2, 0.25) is 0 Å². The molecule has 0 radical (unpaired) electrons. The van der Waals surface area contributed by atoms with E-state index in [-0.39, 0.29) is 6.61 Å². The Morgan fingerprint density at radius 3 is 2.18 bits per heavy atom. The number of hydrogen-bond acceptors (Lipinski definition) is 2. The minimum Gasteiger partial charge on any atom is -0.461 e. The first kappa shape index (κ1) is 25.2. The van der Waals surface area contributed by atoms with E-state index in [4.69, 9.17) is 51.1 Å². The van der Waals surface area contributed by atoms with Crippen LogP contribution in [0.25, 0.3) is 0 Å². The lowest BCUT2D eigenvalue weighted by molar-refractivity contribution is -0.190. The molecule has 9 heteroatoms. The maximum absolute atomic E-state index is 13.4.